The van der Waals surface area contributed by atoms with Gasteiger partial charge < -0.3 is 19.2 Å². The van der Waals surface area contributed by atoms with E-state index in [1.165, 1.54) is 0 Å². The van der Waals surface area contributed by atoms with Crippen LogP contribution in [0.3, 0.4) is 0 Å². The van der Waals surface area contributed by atoms with Gasteiger partial charge in [0, 0.05) is 0 Å². The monoisotopic (exact) mass is 250 g/mol. The molecule has 1 heterocycles. The van der Waals surface area contributed by atoms with Gasteiger partial charge in [-0.25, -0.2) is 0 Å². The Labute approximate surface area is 108 Å². The molecule has 0 spiro atoms. The van der Waals surface area contributed by atoms with Gasteiger partial charge in [-0.05, 0) is 45.3 Å². The van der Waals surface area contributed by atoms with Gasteiger partial charge in [0.25, 0.3) is 0 Å². The topological polar surface area (TPSA) is 47.9 Å². The van der Waals surface area contributed by atoms with Crippen LogP contribution in [-0.4, -0.2) is 30.2 Å². The van der Waals surface area contributed by atoms with E-state index >= 15 is 0 Å². The summed E-state index contributed by atoms with van der Waals surface area (Å²) in [6.45, 7) is 7.72. The number of benzene rings is 1. The summed E-state index contributed by atoms with van der Waals surface area (Å²) in [7, 11) is -0.405. The lowest BCUT2D eigenvalue weighted by atomic mass is 9.79. The van der Waals surface area contributed by atoms with Crippen molar-refractivity contribution in [2.45, 2.75) is 38.9 Å². The van der Waals surface area contributed by atoms with Crippen molar-refractivity contribution in [2.75, 3.05) is 6.79 Å². The van der Waals surface area contributed by atoms with E-state index in [9.17, 15) is 0 Å². The van der Waals surface area contributed by atoms with Gasteiger partial charge in [-0.3, -0.25) is 0 Å². The summed E-state index contributed by atoms with van der Waals surface area (Å²) in [4.78, 5) is 0. The van der Waals surface area contributed by atoms with E-state index in [1.54, 1.807) is 6.07 Å². The standard InChI is InChI=1S/C13H19BO4/c1-12(2)13(3,4)18-14(17-12)10-6-5-7-11(8-10)16-9-15/h5-8,15H,9H2,1-4H3. The highest BCUT2D eigenvalue weighted by molar-refractivity contribution is 6.62. The zero-order valence-corrected chi connectivity index (χ0v) is 11.3. The lowest BCUT2D eigenvalue weighted by molar-refractivity contribution is 0.00578. The Morgan fingerprint density at radius 1 is 1.17 bits per heavy atom. The third-order valence-corrected chi connectivity index (χ3v) is 3.61. The summed E-state index contributed by atoms with van der Waals surface area (Å²) < 4.78 is 16.9. The summed E-state index contributed by atoms with van der Waals surface area (Å²) in [5.41, 5.74) is 0.177. The van der Waals surface area contributed by atoms with Gasteiger partial charge in [0.15, 0.2) is 6.79 Å². The molecule has 1 fully saturated rings. The average molecular weight is 250 g/mol. The van der Waals surface area contributed by atoms with E-state index < -0.39 is 7.12 Å². The second-order valence-electron chi connectivity index (χ2n) is 5.43. The van der Waals surface area contributed by atoms with Crippen LogP contribution >= 0.6 is 0 Å². The predicted octanol–water partition coefficient (Wildman–Crippen LogP) is 1.31. The van der Waals surface area contributed by atoms with Gasteiger partial charge in [0.2, 0.25) is 0 Å². The van der Waals surface area contributed by atoms with Crippen LogP contribution in [-0.2, 0) is 9.31 Å². The van der Waals surface area contributed by atoms with Crippen molar-refractivity contribution in [1.82, 2.24) is 0 Å². The minimum Gasteiger partial charge on any atom is -0.468 e. The van der Waals surface area contributed by atoms with Crippen molar-refractivity contribution < 1.29 is 19.2 Å². The first-order chi connectivity index (χ1) is 8.36. The summed E-state index contributed by atoms with van der Waals surface area (Å²) in [6, 6.07) is 7.38. The van der Waals surface area contributed by atoms with Gasteiger partial charge in [0.05, 0.1) is 11.2 Å². The molecule has 0 aromatic heterocycles. The molecule has 1 aliphatic heterocycles. The molecule has 18 heavy (non-hydrogen) atoms. The lowest BCUT2D eigenvalue weighted by Crippen LogP contribution is -2.41. The first-order valence-corrected chi connectivity index (χ1v) is 6.05. The molecule has 0 bridgehead atoms. The number of hydrogen-bond donors (Lipinski definition) is 1. The molecule has 5 heteroatoms. The summed E-state index contributed by atoms with van der Waals surface area (Å²) in [5.74, 6) is 0.602. The van der Waals surface area contributed by atoms with Crippen LogP contribution in [0.1, 0.15) is 27.7 Å². The third-order valence-electron chi connectivity index (χ3n) is 3.61. The molecule has 0 aliphatic carbocycles. The summed E-state index contributed by atoms with van der Waals surface area (Å²) in [5, 5.41) is 8.76. The Kier molecular flexibility index (Phi) is 3.40. The molecule has 2 rings (SSSR count). The van der Waals surface area contributed by atoms with Crippen LogP contribution in [0.2, 0.25) is 0 Å². The van der Waals surface area contributed by atoms with E-state index in [1.807, 2.05) is 45.9 Å². The number of hydrogen-bond acceptors (Lipinski definition) is 4. The van der Waals surface area contributed by atoms with Gasteiger partial charge in [-0.15, -0.1) is 0 Å². The van der Waals surface area contributed by atoms with E-state index in [0.29, 0.717) is 5.75 Å². The Morgan fingerprint density at radius 2 is 1.78 bits per heavy atom. The molecule has 0 unspecified atom stereocenters. The van der Waals surface area contributed by atoms with Crippen LogP contribution < -0.4 is 10.2 Å². The van der Waals surface area contributed by atoms with Crippen LogP contribution in [0.5, 0.6) is 5.75 Å². The van der Waals surface area contributed by atoms with Gasteiger partial charge in [0.1, 0.15) is 5.75 Å². The molecule has 0 saturated carbocycles. The van der Waals surface area contributed by atoms with E-state index in [2.05, 4.69) is 0 Å². The second-order valence-corrected chi connectivity index (χ2v) is 5.43. The fraction of sp³-hybridized carbons (Fsp3) is 0.538. The van der Waals surface area contributed by atoms with Crippen molar-refractivity contribution in [2.24, 2.45) is 0 Å². The van der Waals surface area contributed by atoms with Crippen LogP contribution in [0.4, 0.5) is 0 Å². The number of aliphatic hydroxyl groups excluding tert-OH is 1. The molecule has 1 saturated heterocycles. The smallest absolute Gasteiger partial charge is 0.468 e. The SMILES string of the molecule is CC1(C)OB(c2cccc(OCO)c2)OC1(C)C. The highest BCUT2D eigenvalue weighted by atomic mass is 16.7. The van der Waals surface area contributed by atoms with E-state index in [-0.39, 0.29) is 18.0 Å². The Balaban J connectivity index is 2.21. The molecule has 1 aromatic carbocycles. The Bertz CT molecular complexity index is 415. The molecule has 4 nitrogen and oxygen atoms in total. The first-order valence-electron chi connectivity index (χ1n) is 6.05. The summed E-state index contributed by atoms with van der Waals surface area (Å²) >= 11 is 0. The van der Waals surface area contributed by atoms with Gasteiger partial charge in [-0.2, -0.15) is 0 Å². The predicted molar refractivity (Wildman–Crippen MR) is 69.9 cm³/mol. The molecular weight excluding hydrogens is 231 g/mol. The van der Waals surface area contributed by atoms with Gasteiger partial charge >= 0.3 is 7.12 Å². The number of rotatable bonds is 3. The zero-order chi connectivity index (χ0) is 13.4. The highest BCUT2D eigenvalue weighted by Gasteiger charge is 2.51. The highest BCUT2D eigenvalue weighted by Crippen LogP contribution is 2.36. The molecule has 0 radical (unpaired) electrons. The molecule has 1 aliphatic rings. The average Bonchev–Trinajstić information content (AvgIpc) is 2.49. The first kappa shape index (κ1) is 13.4. The quantitative estimate of drug-likeness (QED) is 0.649. The minimum atomic E-state index is -0.405. The fourth-order valence-corrected chi connectivity index (χ4v) is 1.80. The summed E-state index contributed by atoms with van der Waals surface area (Å²) in [6.07, 6.45) is 0. The molecule has 98 valence electrons. The maximum Gasteiger partial charge on any atom is 0.494 e. The normalized spacial score (nSPS) is 21.1. The van der Waals surface area contributed by atoms with Crippen LogP contribution in [0, 0.1) is 0 Å². The number of ether oxygens (including phenoxy) is 1. The zero-order valence-electron chi connectivity index (χ0n) is 11.3. The number of aliphatic hydroxyl groups is 1. The minimum absolute atomic E-state index is 0.340. The Morgan fingerprint density at radius 3 is 2.33 bits per heavy atom. The molecule has 0 atom stereocenters. The molecular formula is C13H19BO4. The largest absolute Gasteiger partial charge is 0.494 e. The van der Waals surface area contributed by atoms with Crippen molar-refractivity contribution in [3.63, 3.8) is 0 Å². The molecule has 1 N–H and O–H groups in total. The van der Waals surface area contributed by atoms with Crippen molar-refractivity contribution >= 4 is 12.6 Å². The van der Waals surface area contributed by atoms with E-state index in [4.69, 9.17) is 19.2 Å². The third kappa shape index (κ3) is 2.39. The van der Waals surface area contributed by atoms with Crippen molar-refractivity contribution in [3.8, 4) is 5.75 Å². The molecule has 0 amide bonds. The fourth-order valence-electron chi connectivity index (χ4n) is 1.80. The van der Waals surface area contributed by atoms with Gasteiger partial charge in [-0.1, -0.05) is 12.1 Å². The maximum absolute atomic E-state index is 8.76. The van der Waals surface area contributed by atoms with Crippen molar-refractivity contribution in [3.05, 3.63) is 24.3 Å². The Hall–Kier alpha value is -1.04. The molecule has 1 aromatic rings. The maximum atomic E-state index is 8.76. The van der Waals surface area contributed by atoms with Crippen LogP contribution in [0.25, 0.3) is 0 Å². The van der Waals surface area contributed by atoms with E-state index in [0.717, 1.165) is 5.46 Å². The van der Waals surface area contributed by atoms with Crippen molar-refractivity contribution in [1.29, 1.82) is 0 Å². The van der Waals surface area contributed by atoms with Crippen LogP contribution in [0.15, 0.2) is 24.3 Å². The lowest BCUT2D eigenvalue weighted by Gasteiger charge is -2.32. The second kappa shape index (κ2) is 4.57.